The van der Waals surface area contributed by atoms with E-state index < -0.39 is 11.6 Å². The molecule has 3 unspecified atom stereocenters. The molecule has 17 heavy (non-hydrogen) atoms. The number of hydrogen-bond donors (Lipinski definition) is 1. The number of halogens is 2. The molecule has 1 aliphatic rings. The van der Waals surface area contributed by atoms with E-state index in [0.717, 1.165) is 12.5 Å². The highest BCUT2D eigenvalue weighted by Gasteiger charge is 2.30. The Morgan fingerprint density at radius 3 is 2.41 bits per heavy atom. The summed E-state index contributed by atoms with van der Waals surface area (Å²) in [4.78, 5) is 0. The lowest BCUT2D eigenvalue weighted by atomic mass is 9.91. The molecule has 3 atom stereocenters. The van der Waals surface area contributed by atoms with E-state index in [4.69, 9.17) is 4.74 Å². The first-order chi connectivity index (χ1) is 8.10. The highest BCUT2D eigenvalue weighted by Crippen LogP contribution is 2.31. The smallest absolute Gasteiger partial charge is 0.126 e. The van der Waals surface area contributed by atoms with Crippen molar-refractivity contribution in [3.05, 3.63) is 35.4 Å². The Morgan fingerprint density at radius 1 is 1.29 bits per heavy atom. The Balaban J connectivity index is 2.22. The van der Waals surface area contributed by atoms with Crippen LogP contribution < -0.4 is 5.32 Å². The summed E-state index contributed by atoms with van der Waals surface area (Å²) in [5.74, 6) is -0.810. The van der Waals surface area contributed by atoms with Crippen LogP contribution in [0.4, 0.5) is 8.78 Å². The minimum Gasteiger partial charge on any atom is -0.378 e. The van der Waals surface area contributed by atoms with Crippen molar-refractivity contribution in [1.29, 1.82) is 0 Å². The summed E-state index contributed by atoms with van der Waals surface area (Å²) in [6, 6.07) is 3.59. The van der Waals surface area contributed by atoms with Crippen LogP contribution in [0.3, 0.4) is 0 Å². The fourth-order valence-electron chi connectivity index (χ4n) is 2.51. The molecule has 94 valence electrons. The summed E-state index contributed by atoms with van der Waals surface area (Å²) in [7, 11) is 1.80. The molecule has 1 N–H and O–H groups in total. The first-order valence-electron chi connectivity index (χ1n) is 5.85. The maximum Gasteiger partial charge on any atom is 0.126 e. The maximum atomic E-state index is 13.2. The second kappa shape index (κ2) is 5.10. The molecule has 0 aliphatic carbocycles. The third-order valence-electron chi connectivity index (χ3n) is 3.26. The third-order valence-corrected chi connectivity index (χ3v) is 3.26. The van der Waals surface area contributed by atoms with E-state index in [1.807, 2.05) is 6.92 Å². The minimum atomic E-state index is -0.535. The van der Waals surface area contributed by atoms with Crippen LogP contribution >= 0.6 is 0 Å². The molecular weight excluding hydrogens is 224 g/mol. The van der Waals surface area contributed by atoms with Crippen LogP contribution in [0.25, 0.3) is 0 Å². The first kappa shape index (κ1) is 12.5. The van der Waals surface area contributed by atoms with Crippen LogP contribution in [-0.4, -0.2) is 19.8 Å². The van der Waals surface area contributed by atoms with Crippen molar-refractivity contribution in [1.82, 2.24) is 5.32 Å². The SMILES string of the molecule is CNC(c1cc(F)cc(F)c1)C1COC(C)C1. The molecule has 0 bridgehead atoms. The molecule has 1 aromatic rings. The van der Waals surface area contributed by atoms with Crippen LogP contribution in [0.2, 0.25) is 0 Å². The quantitative estimate of drug-likeness (QED) is 0.878. The van der Waals surface area contributed by atoms with Gasteiger partial charge in [-0.1, -0.05) is 0 Å². The largest absolute Gasteiger partial charge is 0.378 e. The van der Waals surface area contributed by atoms with Gasteiger partial charge in [-0.3, -0.25) is 0 Å². The zero-order valence-electron chi connectivity index (χ0n) is 10.0. The average molecular weight is 241 g/mol. The highest BCUT2D eigenvalue weighted by atomic mass is 19.1. The highest BCUT2D eigenvalue weighted by molar-refractivity contribution is 5.22. The summed E-state index contributed by atoms with van der Waals surface area (Å²) in [6.45, 7) is 2.64. The monoisotopic (exact) mass is 241 g/mol. The van der Waals surface area contributed by atoms with Crippen molar-refractivity contribution < 1.29 is 13.5 Å². The van der Waals surface area contributed by atoms with Gasteiger partial charge in [0, 0.05) is 18.0 Å². The van der Waals surface area contributed by atoms with Gasteiger partial charge in [0.2, 0.25) is 0 Å². The van der Waals surface area contributed by atoms with Crippen LogP contribution in [0, 0.1) is 17.6 Å². The van der Waals surface area contributed by atoms with Crippen molar-refractivity contribution in [3.63, 3.8) is 0 Å². The molecule has 0 amide bonds. The number of rotatable bonds is 3. The predicted octanol–water partition coefficient (Wildman–Crippen LogP) is 2.65. The van der Waals surface area contributed by atoms with Crippen LogP contribution in [0.1, 0.15) is 24.9 Å². The van der Waals surface area contributed by atoms with Crippen LogP contribution in [0.15, 0.2) is 18.2 Å². The molecule has 0 radical (unpaired) electrons. The molecule has 1 heterocycles. The average Bonchev–Trinajstić information content (AvgIpc) is 2.64. The zero-order chi connectivity index (χ0) is 12.4. The van der Waals surface area contributed by atoms with Gasteiger partial charge in [0.1, 0.15) is 11.6 Å². The maximum absolute atomic E-state index is 13.2. The molecule has 1 saturated heterocycles. The number of ether oxygens (including phenoxy) is 1. The molecule has 0 saturated carbocycles. The van der Waals surface area contributed by atoms with E-state index >= 15 is 0 Å². The van der Waals surface area contributed by atoms with Gasteiger partial charge in [-0.25, -0.2) is 8.78 Å². The second-order valence-corrected chi connectivity index (χ2v) is 4.61. The summed E-state index contributed by atoms with van der Waals surface area (Å²) in [5.41, 5.74) is 0.646. The Hall–Kier alpha value is -1.00. The lowest BCUT2D eigenvalue weighted by Crippen LogP contribution is -2.26. The Kier molecular flexibility index (Phi) is 3.74. The lowest BCUT2D eigenvalue weighted by Gasteiger charge is -2.22. The second-order valence-electron chi connectivity index (χ2n) is 4.61. The van der Waals surface area contributed by atoms with Gasteiger partial charge in [0.05, 0.1) is 12.7 Å². The topological polar surface area (TPSA) is 21.3 Å². The van der Waals surface area contributed by atoms with Gasteiger partial charge >= 0.3 is 0 Å². The summed E-state index contributed by atoms with van der Waals surface area (Å²) >= 11 is 0. The van der Waals surface area contributed by atoms with Crippen LogP contribution in [-0.2, 0) is 4.74 Å². The van der Waals surface area contributed by atoms with E-state index in [9.17, 15) is 8.78 Å². The molecule has 0 spiro atoms. The van der Waals surface area contributed by atoms with Crippen molar-refractivity contribution >= 4 is 0 Å². The Labute approximate surface area is 100.0 Å². The first-order valence-corrected chi connectivity index (χ1v) is 5.85. The number of nitrogens with one attached hydrogen (secondary N) is 1. The van der Waals surface area contributed by atoms with Gasteiger partial charge in [0.25, 0.3) is 0 Å². The number of benzene rings is 1. The van der Waals surface area contributed by atoms with Crippen molar-refractivity contribution in [2.24, 2.45) is 5.92 Å². The molecule has 4 heteroatoms. The lowest BCUT2D eigenvalue weighted by molar-refractivity contribution is 0.117. The molecule has 1 fully saturated rings. The summed E-state index contributed by atoms with van der Waals surface area (Å²) < 4.78 is 31.9. The normalized spacial score (nSPS) is 26.1. The van der Waals surface area contributed by atoms with Gasteiger partial charge < -0.3 is 10.1 Å². The molecule has 2 rings (SSSR count). The molecule has 1 aromatic carbocycles. The number of hydrogen-bond acceptors (Lipinski definition) is 2. The Morgan fingerprint density at radius 2 is 1.94 bits per heavy atom. The van der Waals surface area contributed by atoms with Gasteiger partial charge in [-0.2, -0.15) is 0 Å². The molecule has 2 nitrogen and oxygen atoms in total. The summed E-state index contributed by atoms with van der Waals surface area (Å²) in [5, 5.41) is 3.12. The van der Waals surface area contributed by atoms with Gasteiger partial charge in [0.15, 0.2) is 0 Å². The van der Waals surface area contributed by atoms with E-state index in [-0.39, 0.29) is 18.1 Å². The van der Waals surface area contributed by atoms with Gasteiger partial charge in [-0.15, -0.1) is 0 Å². The molecule has 1 aliphatic heterocycles. The predicted molar refractivity (Wildman–Crippen MR) is 61.7 cm³/mol. The van der Waals surface area contributed by atoms with E-state index in [1.54, 1.807) is 7.05 Å². The van der Waals surface area contributed by atoms with E-state index in [0.29, 0.717) is 12.2 Å². The zero-order valence-corrected chi connectivity index (χ0v) is 10.0. The molecule has 0 aromatic heterocycles. The van der Waals surface area contributed by atoms with E-state index in [2.05, 4.69) is 5.32 Å². The fraction of sp³-hybridized carbons (Fsp3) is 0.538. The fourth-order valence-corrected chi connectivity index (χ4v) is 2.51. The van der Waals surface area contributed by atoms with E-state index in [1.165, 1.54) is 12.1 Å². The van der Waals surface area contributed by atoms with Crippen molar-refractivity contribution in [2.75, 3.05) is 13.7 Å². The van der Waals surface area contributed by atoms with Crippen molar-refractivity contribution in [2.45, 2.75) is 25.5 Å². The van der Waals surface area contributed by atoms with Gasteiger partial charge in [-0.05, 0) is 38.1 Å². The minimum absolute atomic E-state index is 0.0647. The summed E-state index contributed by atoms with van der Waals surface area (Å²) in [6.07, 6.45) is 1.12. The van der Waals surface area contributed by atoms with Crippen molar-refractivity contribution in [3.8, 4) is 0 Å². The van der Waals surface area contributed by atoms with Crippen LogP contribution in [0.5, 0.6) is 0 Å². The Bertz CT molecular complexity index is 377. The third kappa shape index (κ3) is 2.82. The standard InChI is InChI=1S/C13H17F2NO/c1-8-3-10(7-17-8)13(16-2)9-4-11(14)6-12(15)5-9/h4-6,8,10,13,16H,3,7H2,1-2H3. The molecular formula is C13H17F2NO.